The van der Waals surface area contributed by atoms with Gasteiger partial charge in [-0.3, -0.25) is 4.90 Å². The first-order chi connectivity index (χ1) is 8.64. The SMILES string of the molecule is COC1CCN(C2(CN)CCCCC2C)C(C)C1. The number of nitrogens with two attached hydrogens (primary N) is 1. The Morgan fingerprint density at radius 1 is 1.28 bits per heavy atom. The molecule has 2 aliphatic rings. The van der Waals surface area contributed by atoms with Gasteiger partial charge in [-0.25, -0.2) is 0 Å². The molecule has 0 aromatic heterocycles. The van der Waals surface area contributed by atoms with Gasteiger partial charge in [0.25, 0.3) is 0 Å². The van der Waals surface area contributed by atoms with Crippen molar-refractivity contribution in [3.8, 4) is 0 Å². The number of nitrogens with zero attached hydrogens (tertiary/aromatic N) is 1. The van der Waals surface area contributed by atoms with Crippen LogP contribution in [0.4, 0.5) is 0 Å². The molecule has 0 aromatic rings. The number of piperidine rings is 1. The number of likely N-dealkylation sites (tertiary alicyclic amines) is 1. The van der Waals surface area contributed by atoms with Crippen molar-refractivity contribution in [3.05, 3.63) is 0 Å². The lowest BCUT2D eigenvalue weighted by atomic mass is 9.71. The van der Waals surface area contributed by atoms with Crippen molar-refractivity contribution < 1.29 is 4.74 Å². The van der Waals surface area contributed by atoms with Crippen molar-refractivity contribution in [1.82, 2.24) is 4.90 Å². The molecular formula is C15H30N2O. The first kappa shape index (κ1) is 14.3. The third kappa shape index (κ3) is 2.45. The third-order valence-electron chi connectivity index (χ3n) is 5.50. The lowest BCUT2D eigenvalue weighted by molar-refractivity contribution is -0.0666. The Kier molecular flexibility index (Phi) is 4.68. The summed E-state index contributed by atoms with van der Waals surface area (Å²) in [6.45, 7) is 6.72. The molecule has 2 fully saturated rings. The van der Waals surface area contributed by atoms with E-state index in [1.54, 1.807) is 0 Å². The van der Waals surface area contributed by atoms with E-state index in [1.807, 2.05) is 7.11 Å². The van der Waals surface area contributed by atoms with E-state index in [0.29, 0.717) is 12.1 Å². The quantitative estimate of drug-likeness (QED) is 0.840. The Hall–Kier alpha value is -0.120. The molecule has 2 N–H and O–H groups in total. The molecule has 3 heteroatoms. The van der Waals surface area contributed by atoms with Crippen LogP contribution < -0.4 is 5.73 Å². The van der Waals surface area contributed by atoms with Gasteiger partial charge in [-0.15, -0.1) is 0 Å². The summed E-state index contributed by atoms with van der Waals surface area (Å²) in [6, 6.07) is 0.604. The van der Waals surface area contributed by atoms with Gasteiger partial charge in [0.2, 0.25) is 0 Å². The van der Waals surface area contributed by atoms with Crippen LogP contribution in [-0.4, -0.2) is 42.8 Å². The molecule has 2 rings (SSSR count). The zero-order valence-electron chi connectivity index (χ0n) is 12.3. The lowest BCUT2D eigenvalue weighted by Gasteiger charge is -2.54. The summed E-state index contributed by atoms with van der Waals surface area (Å²) in [6.07, 6.45) is 8.12. The summed E-state index contributed by atoms with van der Waals surface area (Å²) in [7, 11) is 1.84. The molecule has 18 heavy (non-hydrogen) atoms. The van der Waals surface area contributed by atoms with Crippen LogP contribution in [0.3, 0.4) is 0 Å². The Labute approximate surface area is 112 Å². The summed E-state index contributed by atoms with van der Waals surface area (Å²) in [4.78, 5) is 2.71. The molecule has 1 aliphatic heterocycles. The fraction of sp³-hybridized carbons (Fsp3) is 1.00. The van der Waals surface area contributed by atoms with Crippen molar-refractivity contribution in [2.75, 3.05) is 20.2 Å². The van der Waals surface area contributed by atoms with Crippen molar-refractivity contribution >= 4 is 0 Å². The van der Waals surface area contributed by atoms with Gasteiger partial charge in [0.05, 0.1) is 6.10 Å². The van der Waals surface area contributed by atoms with Gasteiger partial charge in [0, 0.05) is 31.8 Å². The molecule has 0 radical (unpaired) electrons. The highest BCUT2D eigenvalue weighted by atomic mass is 16.5. The summed E-state index contributed by atoms with van der Waals surface area (Å²) in [5.41, 5.74) is 6.48. The smallest absolute Gasteiger partial charge is 0.0598 e. The molecule has 0 aromatic carbocycles. The third-order valence-corrected chi connectivity index (χ3v) is 5.50. The van der Waals surface area contributed by atoms with Crippen molar-refractivity contribution in [2.45, 2.75) is 70.1 Å². The van der Waals surface area contributed by atoms with E-state index in [1.165, 1.54) is 25.7 Å². The summed E-state index contributed by atoms with van der Waals surface area (Å²) >= 11 is 0. The average Bonchev–Trinajstić information content (AvgIpc) is 2.40. The Morgan fingerprint density at radius 2 is 2.06 bits per heavy atom. The molecule has 1 heterocycles. The zero-order chi connectivity index (χ0) is 13.2. The van der Waals surface area contributed by atoms with Crippen LogP contribution in [0, 0.1) is 5.92 Å². The molecule has 4 atom stereocenters. The maximum atomic E-state index is 6.22. The van der Waals surface area contributed by atoms with Crippen LogP contribution in [0.25, 0.3) is 0 Å². The number of ether oxygens (including phenoxy) is 1. The highest BCUT2D eigenvalue weighted by molar-refractivity contribution is 5.01. The van der Waals surface area contributed by atoms with E-state index in [2.05, 4.69) is 18.7 Å². The van der Waals surface area contributed by atoms with E-state index in [0.717, 1.165) is 31.8 Å². The zero-order valence-corrected chi connectivity index (χ0v) is 12.3. The van der Waals surface area contributed by atoms with Gasteiger partial charge in [-0.05, 0) is 38.5 Å². The molecule has 0 bridgehead atoms. The van der Waals surface area contributed by atoms with Crippen molar-refractivity contribution in [2.24, 2.45) is 11.7 Å². The number of hydrogen-bond acceptors (Lipinski definition) is 3. The molecular weight excluding hydrogens is 224 g/mol. The fourth-order valence-electron chi connectivity index (χ4n) is 4.25. The van der Waals surface area contributed by atoms with Gasteiger partial charge in [-0.2, -0.15) is 0 Å². The second-order valence-electron chi connectivity index (χ2n) is 6.38. The molecule has 0 amide bonds. The molecule has 1 aliphatic carbocycles. The summed E-state index contributed by atoms with van der Waals surface area (Å²) in [5.74, 6) is 0.734. The Morgan fingerprint density at radius 3 is 2.61 bits per heavy atom. The standard InChI is InChI=1S/C15H30N2O/c1-12-6-4-5-8-15(12,11-16)17-9-7-14(18-3)10-13(17)2/h12-14H,4-11,16H2,1-3H3. The van der Waals surface area contributed by atoms with Crippen LogP contribution in [0.5, 0.6) is 0 Å². The minimum atomic E-state index is 0.260. The maximum Gasteiger partial charge on any atom is 0.0598 e. The van der Waals surface area contributed by atoms with E-state index in [4.69, 9.17) is 10.5 Å². The van der Waals surface area contributed by atoms with Crippen LogP contribution in [-0.2, 0) is 4.74 Å². The largest absolute Gasteiger partial charge is 0.381 e. The molecule has 1 saturated carbocycles. The van der Waals surface area contributed by atoms with E-state index in [-0.39, 0.29) is 5.54 Å². The topological polar surface area (TPSA) is 38.5 Å². The monoisotopic (exact) mass is 254 g/mol. The van der Waals surface area contributed by atoms with Crippen LogP contribution in [0.2, 0.25) is 0 Å². The first-order valence-electron chi connectivity index (χ1n) is 7.63. The first-order valence-corrected chi connectivity index (χ1v) is 7.63. The number of hydrogen-bond donors (Lipinski definition) is 1. The summed E-state index contributed by atoms with van der Waals surface area (Å²) in [5, 5.41) is 0. The minimum absolute atomic E-state index is 0.260. The lowest BCUT2D eigenvalue weighted by Crippen LogP contribution is -2.64. The predicted octanol–water partition coefficient (Wildman–Crippen LogP) is 2.39. The molecule has 1 saturated heterocycles. The van der Waals surface area contributed by atoms with Crippen molar-refractivity contribution in [1.29, 1.82) is 0 Å². The van der Waals surface area contributed by atoms with Crippen LogP contribution in [0.1, 0.15) is 52.4 Å². The maximum absolute atomic E-state index is 6.22. The highest BCUT2D eigenvalue weighted by Crippen LogP contribution is 2.41. The average molecular weight is 254 g/mol. The van der Waals surface area contributed by atoms with Crippen molar-refractivity contribution in [3.63, 3.8) is 0 Å². The Balaban J connectivity index is 2.12. The minimum Gasteiger partial charge on any atom is -0.381 e. The van der Waals surface area contributed by atoms with Crippen LogP contribution in [0.15, 0.2) is 0 Å². The number of methoxy groups -OCH3 is 1. The van der Waals surface area contributed by atoms with Gasteiger partial charge >= 0.3 is 0 Å². The second kappa shape index (κ2) is 5.89. The molecule has 3 nitrogen and oxygen atoms in total. The van der Waals surface area contributed by atoms with Gasteiger partial charge in [0.15, 0.2) is 0 Å². The predicted molar refractivity (Wildman–Crippen MR) is 75.6 cm³/mol. The molecule has 0 spiro atoms. The van der Waals surface area contributed by atoms with Gasteiger partial charge < -0.3 is 10.5 Å². The fourth-order valence-corrected chi connectivity index (χ4v) is 4.25. The van der Waals surface area contributed by atoms with E-state index in [9.17, 15) is 0 Å². The van der Waals surface area contributed by atoms with E-state index >= 15 is 0 Å². The second-order valence-corrected chi connectivity index (χ2v) is 6.38. The highest BCUT2D eigenvalue weighted by Gasteiger charge is 2.45. The molecule has 4 unspecified atom stereocenters. The Bertz CT molecular complexity index is 271. The van der Waals surface area contributed by atoms with Gasteiger partial charge in [-0.1, -0.05) is 19.8 Å². The molecule has 106 valence electrons. The number of rotatable bonds is 3. The van der Waals surface area contributed by atoms with Gasteiger partial charge in [0.1, 0.15) is 0 Å². The summed E-state index contributed by atoms with van der Waals surface area (Å²) < 4.78 is 5.53. The van der Waals surface area contributed by atoms with Crippen LogP contribution >= 0.6 is 0 Å². The normalized spacial score (nSPS) is 43.0. The van der Waals surface area contributed by atoms with E-state index < -0.39 is 0 Å².